The molecule has 2 aliphatic heterocycles. The predicted molar refractivity (Wildman–Crippen MR) is 199 cm³/mol. The van der Waals surface area contributed by atoms with Crippen LogP contribution in [0.15, 0.2) is 109 Å². The lowest BCUT2D eigenvalue weighted by Gasteiger charge is -2.43. The number of rotatable bonds is 11. The fourth-order valence-electron chi connectivity index (χ4n) is 7.16. The Morgan fingerprint density at radius 1 is 0.865 bits per heavy atom. The van der Waals surface area contributed by atoms with Crippen LogP contribution in [0.1, 0.15) is 63.1 Å². The number of aromatic nitrogens is 1. The Morgan fingerprint density at radius 2 is 1.62 bits per heavy atom. The van der Waals surface area contributed by atoms with E-state index in [1.807, 2.05) is 24.3 Å². The van der Waals surface area contributed by atoms with Gasteiger partial charge in [-0.05, 0) is 75.7 Å². The van der Waals surface area contributed by atoms with Crippen LogP contribution in [0.4, 0.5) is 0 Å². The van der Waals surface area contributed by atoms with Gasteiger partial charge in [0.05, 0.1) is 38.6 Å². The first-order valence-electron chi connectivity index (χ1n) is 17.8. The standard InChI is InChI=1S/C43H45N3O6/c1-28-40(26-46-19-17-35-21-38(49-2)39(50-3)22-37(35)25-46)51-43(52-41(28)32-11-9-29(27-47)10-12-32)33-15-13-31(14-16-33)34-7-4-6-30(20-34)23-45-42(48)36-8-5-18-44-24-36/h4-16,18,20-22,24,28,40-41,43,47H,17,19,23,25-27H2,1-3H3,(H,45,48)/t28-,40+,41+,43+/m0/s1. The van der Waals surface area contributed by atoms with Crippen molar-refractivity contribution in [1.29, 1.82) is 0 Å². The minimum atomic E-state index is -0.562. The molecular formula is C43H45N3O6. The molecule has 2 N–H and O–H groups in total. The van der Waals surface area contributed by atoms with Gasteiger partial charge in [0.25, 0.3) is 5.91 Å². The SMILES string of the molecule is COc1cc2c(cc1OC)CN(C[C@H]1O[C@@H](c3ccc(-c4cccc(CNC(=O)c5cccnc5)c4)cc3)O[C@@H](c3ccc(CO)cc3)[C@H]1C)CC2. The van der Waals surface area contributed by atoms with Crippen LogP contribution in [0.3, 0.4) is 0 Å². The van der Waals surface area contributed by atoms with Gasteiger partial charge in [-0.15, -0.1) is 0 Å². The van der Waals surface area contributed by atoms with Crippen molar-refractivity contribution in [1.82, 2.24) is 15.2 Å². The maximum absolute atomic E-state index is 12.6. The van der Waals surface area contributed by atoms with E-state index in [9.17, 15) is 9.90 Å². The number of nitrogens with zero attached hydrogens (tertiary/aromatic N) is 2. The molecule has 1 fully saturated rings. The highest BCUT2D eigenvalue weighted by atomic mass is 16.7. The van der Waals surface area contributed by atoms with Crippen LogP contribution >= 0.6 is 0 Å². The van der Waals surface area contributed by atoms with E-state index >= 15 is 0 Å². The Hall–Kier alpha value is -5.06. The van der Waals surface area contributed by atoms with Crippen molar-refractivity contribution in [2.24, 2.45) is 5.92 Å². The van der Waals surface area contributed by atoms with Gasteiger partial charge in [-0.2, -0.15) is 0 Å². The van der Waals surface area contributed by atoms with Gasteiger partial charge in [0, 0.05) is 50.1 Å². The van der Waals surface area contributed by atoms with E-state index in [0.717, 1.165) is 70.9 Å². The molecule has 2 aliphatic rings. The lowest BCUT2D eigenvalue weighted by atomic mass is 9.89. The van der Waals surface area contributed by atoms with E-state index < -0.39 is 6.29 Å². The van der Waals surface area contributed by atoms with Crippen molar-refractivity contribution in [3.63, 3.8) is 0 Å². The van der Waals surface area contributed by atoms with Crippen molar-refractivity contribution < 1.29 is 28.8 Å². The van der Waals surface area contributed by atoms with Gasteiger partial charge in [0.1, 0.15) is 0 Å². The number of carbonyl (C=O) groups is 1. The zero-order valence-corrected chi connectivity index (χ0v) is 29.8. The van der Waals surface area contributed by atoms with Crippen LogP contribution < -0.4 is 14.8 Å². The molecule has 9 nitrogen and oxygen atoms in total. The number of ether oxygens (including phenoxy) is 4. The molecule has 1 amide bonds. The zero-order chi connectivity index (χ0) is 36.0. The lowest BCUT2D eigenvalue weighted by Crippen LogP contribution is -2.45. The molecule has 0 spiro atoms. The highest BCUT2D eigenvalue weighted by molar-refractivity contribution is 5.93. The average molecular weight is 700 g/mol. The van der Waals surface area contributed by atoms with E-state index in [0.29, 0.717) is 12.1 Å². The lowest BCUT2D eigenvalue weighted by molar-refractivity contribution is -0.276. The monoisotopic (exact) mass is 699 g/mol. The minimum absolute atomic E-state index is 0.00188. The summed E-state index contributed by atoms with van der Waals surface area (Å²) in [5.74, 6) is 1.42. The van der Waals surface area contributed by atoms with Crippen LogP contribution in [0.2, 0.25) is 0 Å². The number of methoxy groups -OCH3 is 2. The van der Waals surface area contributed by atoms with Gasteiger partial charge in [-0.1, -0.05) is 73.7 Å². The van der Waals surface area contributed by atoms with Gasteiger partial charge >= 0.3 is 0 Å². The molecule has 5 aromatic rings. The maximum Gasteiger partial charge on any atom is 0.253 e. The number of pyridine rings is 1. The largest absolute Gasteiger partial charge is 0.493 e. The Bertz CT molecular complexity index is 1970. The molecule has 4 atom stereocenters. The van der Waals surface area contributed by atoms with Crippen LogP contribution in [0.25, 0.3) is 11.1 Å². The summed E-state index contributed by atoms with van der Waals surface area (Å²) >= 11 is 0. The molecule has 1 saturated heterocycles. The summed E-state index contributed by atoms with van der Waals surface area (Å²) in [5.41, 5.74) is 9.05. The highest BCUT2D eigenvalue weighted by Gasteiger charge is 2.39. The molecule has 268 valence electrons. The molecule has 9 heteroatoms. The van der Waals surface area contributed by atoms with E-state index in [-0.39, 0.29) is 30.6 Å². The second kappa shape index (κ2) is 16.1. The highest BCUT2D eigenvalue weighted by Crippen LogP contribution is 2.43. The van der Waals surface area contributed by atoms with Gasteiger partial charge in [-0.25, -0.2) is 0 Å². The third-order valence-electron chi connectivity index (χ3n) is 10.2. The molecular weight excluding hydrogens is 654 g/mol. The second-order valence-electron chi connectivity index (χ2n) is 13.5. The van der Waals surface area contributed by atoms with Crippen molar-refractivity contribution in [3.8, 4) is 22.6 Å². The number of fused-ring (bicyclic) bond motifs is 1. The Balaban J connectivity index is 1.08. The van der Waals surface area contributed by atoms with Gasteiger partial charge in [0.2, 0.25) is 0 Å². The summed E-state index contributed by atoms with van der Waals surface area (Å²) in [6.45, 7) is 5.07. The van der Waals surface area contributed by atoms with Crippen LogP contribution in [0.5, 0.6) is 11.5 Å². The number of aliphatic hydroxyl groups is 1. The Kier molecular flexibility index (Phi) is 10.9. The molecule has 52 heavy (non-hydrogen) atoms. The van der Waals surface area contributed by atoms with E-state index in [1.165, 1.54) is 11.1 Å². The summed E-state index contributed by atoms with van der Waals surface area (Å²) in [4.78, 5) is 19.1. The normalized spacial score (nSPS) is 20.2. The Labute approximate surface area is 305 Å². The van der Waals surface area contributed by atoms with Crippen molar-refractivity contribution in [2.75, 3.05) is 27.3 Å². The molecule has 0 unspecified atom stereocenters. The molecule has 0 bridgehead atoms. The van der Waals surface area contributed by atoms with Crippen molar-refractivity contribution >= 4 is 5.91 Å². The fraction of sp³-hybridized carbons (Fsp3) is 0.302. The van der Waals surface area contributed by atoms with Crippen LogP contribution in [0, 0.1) is 5.92 Å². The van der Waals surface area contributed by atoms with Crippen LogP contribution in [-0.4, -0.2) is 54.3 Å². The second-order valence-corrected chi connectivity index (χ2v) is 13.5. The van der Waals surface area contributed by atoms with Crippen LogP contribution in [-0.2, 0) is 35.6 Å². The number of nitrogens with one attached hydrogen (secondary N) is 1. The third-order valence-corrected chi connectivity index (χ3v) is 10.2. The van der Waals surface area contributed by atoms with E-state index in [4.69, 9.17) is 18.9 Å². The van der Waals surface area contributed by atoms with Gasteiger partial charge < -0.3 is 29.4 Å². The number of benzene rings is 4. The minimum Gasteiger partial charge on any atom is -0.493 e. The third kappa shape index (κ3) is 7.88. The molecule has 0 radical (unpaired) electrons. The summed E-state index contributed by atoms with van der Waals surface area (Å²) in [6, 6.07) is 32.2. The number of hydrogen-bond acceptors (Lipinski definition) is 8. The predicted octanol–water partition coefficient (Wildman–Crippen LogP) is 7.04. The quantitative estimate of drug-likeness (QED) is 0.152. The van der Waals surface area contributed by atoms with Gasteiger partial charge in [0.15, 0.2) is 17.8 Å². The summed E-state index contributed by atoms with van der Waals surface area (Å²) in [6.07, 6.45) is 3.28. The summed E-state index contributed by atoms with van der Waals surface area (Å²) < 4.78 is 24.7. The number of amides is 1. The summed E-state index contributed by atoms with van der Waals surface area (Å²) in [7, 11) is 3.35. The number of carbonyl (C=O) groups excluding carboxylic acids is 1. The molecule has 0 aliphatic carbocycles. The van der Waals surface area contributed by atoms with Crippen molar-refractivity contribution in [3.05, 3.63) is 148 Å². The molecule has 1 aromatic heterocycles. The van der Waals surface area contributed by atoms with E-state index in [2.05, 4.69) is 82.8 Å². The topological polar surface area (TPSA) is 102 Å². The van der Waals surface area contributed by atoms with E-state index in [1.54, 1.807) is 38.7 Å². The smallest absolute Gasteiger partial charge is 0.253 e. The molecule has 7 rings (SSSR count). The Morgan fingerprint density at radius 3 is 2.33 bits per heavy atom. The number of hydrogen-bond donors (Lipinski definition) is 2. The number of aliphatic hydroxyl groups excluding tert-OH is 1. The first-order valence-corrected chi connectivity index (χ1v) is 17.8. The van der Waals surface area contributed by atoms with Crippen molar-refractivity contribution in [2.45, 2.75) is 51.5 Å². The maximum atomic E-state index is 12.6. The molecule has 4 aromatic carbocycles. The zero-order valence-electron chi connectivity index (χ0n) is 29.8. The fourth-order valence-corrected chi connectivity index (χ4v) is 7.16. The first kappa shape index (κ1) is 35.3. The summed E-state index contributed by atoms with van der Waals surface area (Å²) in [5, 5.41) is 12.6. The van der Waals surface area contributed by atoms with Gasteiger partial charge in [-0.3, -0.25) is 14.7 Å². The molecule has 0 saturated carbocycles. The average Bonchev–Trinajstić information content (AvgIpc) is 3.20. The molecule has 3 heterocycles. The first-order chi connectivity index (χ1) is 25.4.